The Hall–Kier alpha value is -2.19. The number of hydrogen-bond acceptors (Lipinski definition) is 2. The van der Waals surface area contributed by atoms with Crippen LogP contribution in [0.2, 0.25) is 0 Å². The van der Waals surface area contributed by atoms with Gasteiger partial charge in [0.1, 0.15) is 0 Å². The first-order valence-electron chi connectivity index (χ1n) is 7.90. The van der Waals surface area contributed by atoms with Crippen molar-refractivity contribution >= 4 is 11.9 Å². The van der Waals surface area contributed by atoms with Crippen LogP contribution in [0.5, 0.6) is 0 Å². The van der Waals surface area contributed by atoms with Crippen LogP contribution in [0.1, 0.15) is 41.4 Å². The second-order valence-electron chi connectivity index (χ2n) is 5.55. The van der Waals surface area contributed by atoms with Crippen molar-refractivity contribution < 1.29 is 4.79 Å². The molecule has 0 heterocycles. The third-order valence-corrected chi connectivity index (χ3v) is 4.36. The van der Waals surface area contributed by atoms with Crippen molar-refractivity contribution in [2.45, 2.75) is 19.9 Å². The number of fused-ring (bicyclic) bond motifs is 1. The minimum Gasteiger partial charge on any atom is -0.293 e. The molecule has 1 unspecified atom stereocenters. The number of Topliss-reactive ketones (excluding diaryl/α,β-unsaturated/α-hetero) is 1. The summed E-state index contributed by atoms with van der Waals surface area (Å²) < 4.78 is 0. The molecule has 2 nitrogen and oxygen atoms in total. The lowest BCUT2D eigenvalue weighted by Crippen LogP contribution is -2.28. The minimum atomic E-state index is 0.0684. The van der Waals surface area contributed by atoms with Crippen LogP contribution in [-0.2, 0) is 0 Å². The number of carbonyl (C=O) groups excluding carboxylic acids is 1. The minimum absolute atomic E-state index is 0.0684. The van der Waals surface area contributed by atoms with Crippen LogP contribution in [0.15, 0.2) is 60.2 Å². The van der Waals surface area contributed by atoms with E-state index in [-0.39, 0.29) is 11.8 Å². The highest BCUT2D eigenvalue weighted by Crippen LogP contribution is 2.40. The van der Waals surface area contributed by atoms with Crippen molar-refractivity contribution in [3.05, 3.63) is 76.9 Å². The summed E-state index contributed by atoms with van der Waals surface area (Å²) in [4.78, 5) is 15.2. The smallest absolute Gasteiger partial charge is 0.191 e. The number of ketones is 1. The second kappa shape index (κ2) is 6.29. The molecule has 1 aliphatic carbocycles. The van der Waals surface area contributed by atoms with Crippen molar-refractivity contribution in [2.24, 2.45) is 0 Å². The Balaban J connectivity index is 2.12. The predicted molar refractivity (Wildman–Crippen MR) is 90.9 cm³/mol. The monoisotopic (exact) mass is 291 g/mol. The van der Waals surface area contributed by atoms with Gasteiger partial charge in [0, 0.05) is 11.1 Å². The summed E-state index contributed by atoms with van der Waals surface area (Å²) in [6.07, 6.45) is 2.05. The number of benzene rings is 2. The molecule has 0 aliphatic heterocycles. The molecule has 0 amide bonds. The van der Waals surface area contributed by atoms with Gasteiger partial charge in [-0.15, -0.1) is 0 Å². The Kier molecular flexibility index (Phi) is 4.21. The fourth-order valence-corrected chi connectivity index (χ4v) is 3.24. The van der Waals surface area contributed by atoms with Crippen molar-refractivity contribution in [3.63, 3.8) is 0 Å². The number of likely N-dealkylation sites (N-methyl/N-ethyl adjacent to an activating group) is 1. The summed E-state index contributed by atoms with van der Waals surface area (Å²) in [5, 5.41) is 0. The second-order valence-corrected chi connectivity index (χ2v) is 5.55. The first-order chi connectivity index (χ1) is 10.8. The lowest BCUT2D eigenvalue weighted by Gasteiger charge is -2.27. The van der Waals surface area contributed by atoms with Gasteiger partial charge in [0.05, 0.1) is 6.04 Å². The highest BCUT2D eigenvalue weighted by atomic mass is 16.1. The predicted octanol–water partition coefficient (Wildman–Crippen LogP) is 4.35. The number of nitrogens with zero attached hydrogens (tertiary/aromatic N) is 1. The van der Waals surface area contributed by atoms with E-state index in [9.17, 15) is 4.79 Å². The lowest BCUT2D eigenvalue weighted by molar-refractivity contribution is 0.102. The molecule has 0 aromatic heterocycles. The Morgan fingerprint density at radius 2 is 1.59 bits per heavy atom. The van der Waals surface area contributed by atoms with E-state index in [4.69, 9.17) is 0 Å². The van der Waals surface area contributed by atoms with Crippen LogP contribution >= 0.6 is 0 Å². The standard InChI is InChI=1S/C20H21NO/c1-3-21(4-2)19-16-12-8-9-13-17(16)20(22)18(19)14-15-10-6-5-7-11-15/h5-14,19H,3-4H2,1-2H3. The number of rotatable bonds is 4. The van der Waals surface area contributed by atoms with Crippen molar-refractivity contribution in [3.8, 4) is 0 Å². The fourth-order valence-electron chi connectivity index (χ4n) is 3.24. The molecule has 2 aromatic rings. The Labute approximate surface area is 132 Å². The quantitative estimate of drug-likeness (QED) is 0.781. The number of carbonyl (C=O) groups is 1. The SMILES string of the molecule is CCN(CC)C1C(=Cc2ccccc2)C(=O)c2ccccc21. The Bertz CT molecular complexity index is 699. The van der Waals surface area contributed by atoms with E-state index in [2.05, 4.69) is 24.8 Å². The average Bonchev–Trinajstić information content (AvgIpc) is 2.84. The third kappa shape index (κ3) is 2.51. The zero-order chi connectivity index (χ0) is 15.5. The average molecular weight is 291 g/mol. The van der Waals surface area contributed by atoms with Gasteiger partial charge < -0.3 is 0 Å². The van der Waals surface area contributed by atoms with Crippen molar-refractivity contribution in [2.75, 3.05) is 13.1 Å². The summed E-state index contributed by atoms with van der Waals surface area (Å²) in [6.45, 7) is 6.15. The van der Waals surface area contributed by atoms with Gasteiger partial charge in [-0.1, -0.05) is 68.4 Å². The van der Waals surface area contributed by atoms with E-state index >= 15 is 0 Å². The number of hydrogen-bond donors (Lipinski definition) is 0. The van der Waals surface area contributed by atoms with Gasteiger partial charge in [-0.3, -0.25) is 9.69 Å². The van der Waals surface area contributed by atoms with Crippen molar-refractivity contribution in [1.29, 1.82) is 0 Å². The topological polar surface area (TPSA) is 20.3 Å². The van der Waals surface area contributed by atoms with E-state index in [0.29, 0.717) is 0 Å². The summed E-state index contributed by atoms with van der Waals surface area (Å²) in [5.74, 6) is 0.163. The van der Waals surface area contributed by atoms with Crippen LogP contribution in [0, 0.1) is 0 Å². The van der Waals surface area contributed by atoms with Gasteiger partial charge in [0.15, 0.2) is 5.78 Å². The maximum absolute atomic E-state index is 12.9. The first-order valence-corrected chi connectivity index (χ1v) is 7.90. The molecule has 0 saturated carbocycles. The molecule has 0 spiro atoms. The summed E-state index contributed by atoms with van der Waals surface area (Å²) >= 11 is 0. The summed E-state index contributed by atoms with van der Waals surface area (Å²) in [6, 6.07) is 18.2. The van der Waals surface area contributed by atoms with Gasteiger partial charge >= 0.3 is 0 Å². The zero-order valence-electron chi connectivity index (χ0n) is 13.1. The van der Waals surface area contributed by atoms with E-state index < -0.39 is 0 Å². The molecular formula is C20H21NO. The molecule has 22 heavy (non-hydrogen) atoms. The Morgan fingerprint density at radius 1 is 0.955 bits per heavy atom. The normalized spacial score (nSPS) is 19.0. The maximum atomic E-state index is 12.9. The molecule has 2 aromatic carbocycles. The fraction of sp³-hybridized carbons (Fsp3) is 0.250. The first kappa shape index (κ1) is 14.7. The van der Waals surface area contributed by atoms with Gasteiger partial charge in [-0.05, 0) is 30.3 Å². The molecule has 1 aliphatic rings. The molecule has 112 valence electrons. The molecule has 1 atom stereocenters. The molecule has 0 fully saturated rings. The molecule has 3 rings (SSSR count). The van der Waals surface area contributed by atoms with Gasteiger partial charge in [-0.2, -0.15) is 0 Å². The Morgan fingerprint density at radius 3 is 2.27 bits per heavy atom. The van der Waals surface area contributed by atoms with E-state index in [1.165, 1.54) is 0 Å². The van der Waals surface area contributed by atoms with Gasteiger partial charge in [-0.25, -0.2) is 0 Å². The van der Waals surface area contributed by atoms with Gasteiger partial charge in [0.25, 0.3) is 0 Å². The molecule has 0 bridgehead atoms. The van der Waals surface area contributed by atoms with Crippen molar-refractivity contribution in [1.82, 2.24) is 4.90 Å². The maximum Gasteiger partial charge on any atom is 0.191 e. The van der Waals surface area contributed by atoms with Crippen LogP contribution in [-0.4, -0.2) is 23.8 Å². The van der Waals surface area contributed by atoms with Gasteiger partial charge in [0.2, 0.25) is 0 Å². The lowest BCUT2D eigenvalue weighted by atomic mass is 10.0. The summed E-state index contributed by atoms with van der Waals surface area (Å²) in [5.41, 5.74) is 3.95. The molecule has 0 saturated heterocycles. The van der Waals surface area contributed by atoms with E-state index in [0.717, 1.165) is 35.4 Å². The highest BCUT2D eigenvalue weighted by molar-refractivity contribution is 6.16. The van der Waals surface area contributed by atoms with Crippen LogP contribution in [0.3, 0.4) is 0 Å². The van der Waals surface area contributed by atoms with Crippen LogP contribution in [0.4, 0.5) is 0 Å². The third-order valence-electron chi connectivity index (χ3n) is 4.36. The molecular weight excluding hydrogens is 270 g/mol. The molecule has 2 heteroatoms. The van der Waals surface area contributed by atoms with E-state index in [1.807, 2.05) is 54.6 Å². The zero-order valence-corrected chi connectivity index (χ0v) is 13.1. The highest BCUT2D eigenvalue weighted by Gasteiger charge is 2.36. The van der Waals surface area contributed by atoms with Crippen LogP contribution in [0.25, 0.3) is 6.08 Å². The summed E-state index contributed by atoms with van der Waals surface area (Å²) in [7, 11) is 0. The molecule has 0 radical (unpaired) electrons. The van der Waals surface area contributed by atoms with Crippen LogP contribution < -0.4 is 0 Å². The largest absolute Gasteiger partial charge is 0.293 e. The molecule has 0 N–H and O–H groups in total. The van der Waals surface area contributed by atoms with E-state index in [1.54, 1.807) is 0 Å².